The second-order valence-corrected chi connectivity index (χ2v) is 6.09. The Bertz CT molecular complexity index is 602. The molecule has 2 heterocycles. The van der Waals surface area contributed by atoms with Gasteiger partial charge in [0.25, 0.3) is 0 Å². The highest BCUT2D eigenvalue weighted by Crippen LogP contribution is 2.32. The van der Waals surface area contributed by atoms with E-state index < -0.39 is 0 Å². The van der Waals surface area contributed by atoms with Crippen molar-refractivity contribution >= 4 is 15.9 Å². The molecule has 0 spiro atoms. The van der Waals surface area contributed by atoms with E-state index >= 15 is 0 Å². The lowest BCUT2D eigenvalue weighted by Crippen LogP contribution is -2.27. The van der Waals surface area contributed by atoms with Crippen LogP contribution in [0.4, 0.5) is 4.39 Å². The van der Waals surface area contributed by atoms with Crippen LogP contribution in [0, 0.1) is 5.82 Å². The molecule has 19 heavy (non-hydrogen) atoms. The molecule has 1 aromatic heterocycles. The average Bonchev–Trinajstić information content (AvgIpc) is 3.02. The number of benzene rings is 1. The predicted molar refractivity (Wildman–Crippen MR) is 76.1 cm³/mol. The third-order valence-electron chi connectivity index (χ3n) is 3.81. The molecule has 0 aliphatic carbocycles. The molecule has 5 heteroatoms. The second-order valence-electron chi connectivity index (χ2n) is 5.23. The highest BCUT2D eigenvalue weighted by molar-refractivity contribution is 9.10. The third-order valence-corrected chi connectivity index (χ3v) is 4.41. The molecule has 3 nitrogen and oxygen atoms in total. The van der Waals surface area contributed by atoms with E-state index in [0.29, 0.717) is 4.47 Å². The van der Waals surface area contributed by atoms with Gasteiger partial charge in [-0.1, -0.05) is 6.92 Å². The maximum absolute atomic E-state index is 13.3. The van der Waals surface area contributed by atoms with Crippen molar-refractivity contribution in [2.75, 3.05) is 13.1 Å². The Morgan fingerprint density at radius 2 is 2.32 bits per heavy atom. The van der Waals surface area contributed by atoms with Crippen molar-refractivity contribution in [1.29, 1.82) is 0 Å². The fourth-order valence-electron chi connectivity index (χ4n) is 2.62. The Morgan fingerprint density at radius 3 is 3.00 bits per heavy atom. The van der Waals surface area contributed by atoms with Gasteiger partial charge in [0.05, 0.1) is 10.8 Å². The first-order chi connectivity index (χ1) is 9.10. The maximum atomic E-state index is 13.3. The predicted octanol–water partition coefficient (Wildman–Crippen LogP) is 3.02. The van der Waals surface area contributed by atoms with Gasteiger partial charge in [0.1, 0.15) is 5.82 Å². The van der Waals surface area contributed by atoms with Gasteiger partial charge in [-0.05, 0) is 47.1 Å². The molecule has 1 atom stereocenters. The number of hydrogen-bond donors (Lipinski definition) is 1. The molecule has 1 aliphatic rings. The summed E-state index contributed by atoms with van der Waals surface area (Å²) in [5.41, 5.74) is 2.17. The number of halogens is 2. The van der Waals surface area contributed by atoms with Crippen LogP contribution in [0.2, 0.25) is 0 Å². The van der Waals surface area contributed by atoms with E-state index in [0.717, 1.165) is 30.9 Å². The summed E-state index contributed by atoms with van der Waals surface area (Å²) in [7, 11) is 0. The molecule has 0 saturated carbocycles. The minimum atomic E-state index is -0.251. The van der Waals surface area contributed by atoms with Crippen LogP contribution in [0.15, 0.2) is 35.2 Å². The lowest BCUT2D eigenvalue weighted by Gasteiger charge is -2.24. The number of nitrogens with one attached hydrogen (secondary N) is 1. The van der Waals surface area contributed by atoms with E-state index in [-0.39, 0.29) is 11.2 Å². The summed E-state index contributed by atoms with van der Waals surface area (Å²) in [6, 6.07) is 5.03. The molecule has 2 aromatic rings. The minimum absolute atomic E-state index is 0.0807. The zero-order valence-corrected chi connectivity index (χ0v) is 12.2. The largest absolute Gasteiger partial charge is 0.316 e. The molecule has 1 unspecified atom stereocenters. The fourth-order valence-corrected chi connectivity index (χ4v) is 2.98. The Balaban J connectivity index is 2.06. The summed E-state index contributed by atoms with van der Waals surface area (Å²) in [6.07, 6.45) is 4.78. The van der Waals surface area contributed by atoms with E-state index in [2.05, 4.69) is 33.2 Å². The molecular formula is C14H15BrFN3. The van der Waals surface area contributed by atoms with Crippen LogP contribution in [-0.4, -0.2) is 22.6 Å². The van der Waals surface area contributed by atoms with E-state index in [1.165, 1.54) is 6.07 Å². The summed E-state index contributed by atoms with van der Waals surface area (Å²) in [4.78, 5) is 4.27. The van der Waals surface area contributed by atoms with Gasteiger partial charge in [-0.25, -0.2) is 9.37 Å². The Kier molecular flexibility index (Phi) is 3.19. The highest BCUT2D eigenvalue weighted by Gasteiger charge is 2.33. The third kappa shape index (κ3) is 2.21. The lowest BCUT2D eigenvalue weighted by atomic mass is 9.86. The molecule has 1 aromatic carbocycles. The molecule has 1 fully saturated rings. The maximum Gasteiger partial charge on any atom is 0.137 e. The van der Waals surface area contributed by atoms with Gasteiger partial charge >= 0.3 is 0 Å². The van der Waals surface area contributed by atoms with Gasteiger partial charge in [0, 0.05) is 29.5 Å². The molecule has 0 bridgehead atoms. The second kappa shape index (κ2) is 4.72. The summed E-state index contributed by atoms with van der Waals surface area (Å²) in [5, 5.41) is 3.39. The van der Waals surface area contributed by atoms with Crippen LogP contribution in [0.25, 0.3) is 5.69 Å². The SMILES string of the molecule is CC1(c2cncn2-c2ccc(F)c(Br)c2)CCNC1. The molecule has 0 radical (unpaired) electrons. The first kappa shape index (κ1) is 12.8. The minimum Gasteiger partial charge on any atom is -0.316 e. The number of rotatable bonds is 2. The quantitative estimate of drug-likeness (QED) is 0.920. The van der Waals surface area contributed by atoms with Crippen LogP contribution in [0.5, 0.6) is 0 Å². The normalized spacial score (nSPS) is 22.9. The van der Waals surface area contributed by atoms with Crippen molar-refractivity contribution in [3.8, 4) is 5.69 Å². The Labute approximate surface area is 120 Å². The summed E-state index contributed by atoms with van der Waals surface area (Å²) in [6.45, 7) is 4.20. The topological polar surface area (TPSA) is 29.9 Å². The number of nitrogens with zero attached hydrogens (tertiary/aromatic N) is 2. The lowest BCUT2D eigenvalue weighted by molar-refractivity contribution is 0.498. The van der Waals surface area contributed by atoms with E-state index in [1.807, 2.05) is 10.8 Å². The number of hydrogen-bond acceptors (Lipinski definition) is 2. The fraction of sp³-hybridized carbons (Fsp3) is 0.357. The van der Waals surface area contributed by atoms with Crippen molar-refractivity contribution in [2.24, 2.45) is 0 Å². The average molecular weight is 324 g/mol. The van der Waals surface area contributed by atoms with Crippen LogP contribution in [0.3, 0.4) is 0 Å². The van der Waals surface area contributed by atoms with Gasteiger partial charge in [-0.2, -0.15) is 0 Å². The zero-order valence-electron chi connectivity index (χ0n) is 10.7. The van der Waals surface area contributed by atoms with Gasteiger partial charge in [-0.15, -0.1) is 0 Å². The van der Waals surface area contributed by atoms with Gasteiger partial charge < -0.3 is 9.88 Å². The molecule has 3 rings (SSSR count). The first-order valence-electron chi connectivity index (χ1n) is 6.29. The standard InChI is InChI=1S/C14H15BrFN3/c1-14(4-5-17-8-14)13-7-18-9-19(13)10-2-3-12(16)11(15)6-10/h2-3,6-7,9,17H,4-5,8H2,1H3. The van der Waals surface area contributed by atoms with Crippen molar-refractivity contribution in [1.82, 2.24) is 14.9 Å². The molecule has 1 aliphatic heterocycles. The Hall–Kier alpha value is -1.20. The van der Waals surface area contributed by atoms with Crippen LogP contribution < -0.4 is 5.32 Å². The number of imidazole rings is 1. The Morgan fingerprint density at radius 1 is 1.47 bits per heavy atom. The van der Waals surface area contributed by atoms with Crippen LogP contribution in [0.1, 0.15) is 19.0 Å². The molecule has 1 N–H and O–H groups in total. The van der Waals surface area contributed by atoms with E-state index in [4.69, 9.17) is 0 Å². The van der Waals surface area contributed by atoms with Gasteiger partial charge in [0.2, 0.25) is 0 Å². The summed E-state index contributed by atoms with van der Waals surface area (Å²) in [5.74, 6) is -0.251. The van der Waals surface area contributed by atoms with E-state index in [1.54, 1.807) is 18.5 Å². The van der Waals surface area contributed by atoms with Crippen molar-refractivity contribution in [3.05, 3.63) is 46.7 Å². The summed E-state index contributed by atoms with van der Waals surface area (Å²) >= 11 is 3.23. The molecule has 1 saturated heterocycles. The van der Waals surface area contributed by atoms with Crippen molar-refractivity contribution < 1.29 is 4.39 Å². The number of aromatic nitrogens is 2. The van der Waals surface area contributed by atoms with Gasteiger partial charge in [0.15, 0.2) is 0 Å². The smallest absolute Gasteiger partial charge is 0.137 e. The van der Waals surface area contributed by atoms with Crippen LogP contribution in [-0.2, 0) is 5.41 Å². The summed E-state index contributed by atoms with van der Waals surface area (Å²) < 4.78 is 15.8. The molecule has 100 valence electrons. The monoisotopic (exact) mass is 323 g/mol. The first-order valence-corrected chi connectivity index (χ1v) is 7.08. The molecule has 0 amide bonds. The van der Waals surface area contributed by atoms with Gasteiger partial charge in [-0.3, -0.25) is 0 Å². The van der Waals surface area contributed by atoms with Crippen molar-refractivity contribution in [2.45, 2.75) is 18.8 Å². The molecular weight excluding hydrogens is 309 g/mol. The van der Waals surface area contributed by atoms with Crippen LogP contribution >= 0.6 is 15.9 Å². The zero-order chi connectivity index (χ0) is 13.5. The van der Waals surface area contributed by atoms with E-state index in [9.17, 15) is 4.39 Å². The van der Waals surface area contributed by atoms with Crippen molar-refractivity contribution in [3.63, 3.8) is 0 Å². The highest BCUT2D eigenvalue weighted by atomic mass is 79.9.